The number of hydrogen-bond donors (Lipinski definition) is 0. The lowest BCUT2D eigenvalue weighted by molar-refractivity contribution is -0.0409. The largest absolute Gasteiger partial charge is 0.414 e. The van der Waals surface area contributed by atoms with Gasteiger partial charge in [-0.25, -0.2) is 9.18 Å². The Balaban J connectivity index is 1.90. The number of ether oxygens (including phenoxy) is 1. The maximum atomic E-state index is 14.6. The first-order valence-electron chi connectivity index (χ1n) is 15.9. The summed E-state index contributed by atoms with van der Waals surface area (Å²) in [5.74, 6) is -1.27. The first kappa shape index (κ1) is 35.9. The molecule has 0 aliphatic carbocycles. The lowest BCUT2D eigenvalue weighted by atomic mass is 10.1. The SMILES string of the molecule is Cc1c(-c2cccc(F)c2)n([C@H]2C[C@H](O[Si](C)(C)C(C)(C)C)[C@@H](CO[Si](C)(C)C(C)(C)C)O2)c(=O)n(C(=O)c2ccccc2)c1=O. The van der Waals surface area contributed by atoms with Crippen LogP contribution < -0.4 is 11.2 Å². The molecule has 0 N–H and O–H groups in total. The van der Waals surface area contributed by atoms with Crippen LogP contribution in [0.5, 0.6) is 0 Å². The molecule has 46 heavy (non-hydrogen) atoms. The van der Waals surface area contributed by atoms with E-state index in [1.807, 2.05) is 0 Å². The van der Waals surface area contributed by atoms with Gasteiger partial charge in [0, 0.05) is 23.1 Å². The molecule has 250 valence electrons. The Morgan fingerprint density at radius 1 is 0.935 bits per heavy atom. The molecular weight excluding hydrogens is 620 g/mol. The van der Waals surface area contributed by atoms with E-state index in [1.54, 1.807) is 43.3 Å². The molecule has 1 aliphatic heterocycles. The van der Waals surface area contributed by atoms with Crippen LogP contribution in [0.2, 0.25) is 36.3 Å². The fourth-order valence-corrected chi connectivity index (χ4v) is 7.45. The second-order valence-electron chi connectivity index (χ2n) is 15.3. The molecular formula is C35H49FN2O6Si2. The highest BCUT2D eigenvalue weighted by Crippen LogP contribution is 2.43. The molecule has 4 rings (SSSR count). The molecule has 8 nitrogen and oxygen atoms in total. The molecule has 11 heteroatoms. The van der Waals surface area contributed by atoms with Gasteiger partial charge in [-0.05, 0) is 67.5 Å². The summed E-state index contributed by atoms with van der Waals surface area (Å²) in [6, 6.07) is 13.9. The fourth-order valence-electron chi connectivity index (χ4n) is 5.08. The van der Waals surface area contributed by atoms with E-state index in [1.165, 1.54) is 22.8 Å². The predicted octanol–water partition coefficient (Wildman–Crippen LogP) is 7.51. The van der Waals surface area contributed by atoms with Gasteiger partial charge in [-0.1, -0.05) is 71.9 Å². The summed E-state index contributed by atoms with van der Waals surface area (Å²) in [7, 11) is -4.50. The van der Waals surface area contributed by atoms with Gasteiger partial charge in [0.25, 0.3) is 11.5 Å². The molecule has 3 atom stereocenters. The summed E-state index contributed by atoms with van der Waals surface area (Å²) in [5, 5.41) is -0.127. The Hall–Kier alpha value is -2.97. The summed E-state index contributed by atoms with van der Waals surface area (Å²) >= 11 is 0. The van der Waals surface area contributed by atoms with E-state index in [0.717, 1.165) is 0 Å². The number of carbonyl (C=O) groups is 1. The Bertz CT molecular complexity index is 1700. The summed E-state index contributed by atoms with van der Waals surface area (Å²) < 4.78 is 36.8. The summed E-state index contributed by atoms with van der Waals surface area (Å²) in [6.45, 7) is 23.5. The third-order valence-electron chi connectivity index (χ3n) is 9.97. The van der Waals surface area contributed by atoms with Crippen molar-refractivity contribution in [1.29, 1.82) is 0 Å². The fraction of sp³-hybridized carbons (Fsp3) is 0.514. The minimum absolute atomic E-state index is 0.0350. The van der Waals surface area contributed by atoms with E-state index in [2.05, 4.69) is 67.7 Å². The molecule has 0 unspecified atom stereocenters. The van der Waals surface area contributed by atoms with E-state index in [9.17, 15) is 18.8 Å². The quantitative estimate of drug-likeness (QED) is 0.231. The molecule has 0 radical (unpaired) electrons. The first-order chi connectivity index (χ1) is 21.2. The van der Waals surface area contributed by atoms with Crippen LogP contribution in [0.4, 0.5) is 4.39 Å². The van der Waals surface area contributed by atoms with Gasteiger partial charge in [0.05, 0.1) is 18.4 Å². The van der Waals surface area contributed by atoms with Crippen LogP contribution in [0, 0.1) is 12.7 Å². The second-order valence-corrected chi connectivity index (χ2v) is 24.9. The number of aromatic nitrogens is 2. The highest BCUT2D eigenvalue weighted by atomic mass is 28.4. The lowest BCUT2D eigenvalue weighted by Crippen LogP contribution is -2.48. The topological polar surface area (TPSA) is 88.8 Å². The van der Waals surface area contributed by atoms with Gasteiger partial charge in [-0.3, -0.25) is 14.2 Å². The van der Waals surface area contributed by atoms with E-state index in [0.29, 0.717) is 10.1 Å². The third kappa shape index (κ3) is 7.13. The van der Waals surface area contributed by atoms with Crippen molar-refractivity contribution in [2.75, 3.05) is 6.61 Å². The third-order valence-corrected chi connectivity index (χ3v) is 19.0. The van der Waals surface area contributed by atoms with Gasteiger partial charge in [-0.15, -0.1) is 0 Å². The second kappa shape index (κ2) is 12.9. The smallest absolute Gasteiger partial charge is 0.340 e. The summed E-state index contributed by atoms with van der Waals surface area (Å²) in [6.07, 6.45) is -1.58. The van der Waals surface area contributed by atoms with Crippen LogP contribution in [0.25, 0.3) is 11.3 Å². The van der Waals surface area contributed by atoms with Crippen molar-refractivity contribution in [3.63, 3.8) is 0 Å². The summed E-state index contributed by atoms with van der Waals surface area (Å²) in [4.78, 5) is 41.8. The number of hydrogen-bond acceptors (Lipinski definition) is 6. The van der Waals surface area contributed by atoms with Crippen LogP contribution in [0.15, 0.2) is 64.2 Å². The van der Waals surface area contributed by atoms with E-state index in [4.69, 9.17) is 13.6 Å². The number of rotatable bonds is 8. The van der Waals surface area contributed by atoms with Gasteiger partial charge in [0.1, 0.15) is 18.1 Å². The van der Waals surface area contributed by atoms with Crippen LogP contribution in [0.3, 0.4) is 0 Å². The number of nitrogens with zero attached hydrogens (tertiary/aromatic N) is 2. The zero-order valence-corrected chi connectivity index (χ0v) is 31.1. The summed E-state index contributed by atoms with van der Waals surface area (Å²) in [5.41, 5.74) is -0.768. The monoisotopic (exact) mass is 668 g/mol. The molecule has 1 aliphatic rings. The zero-order chi connectivity index (χ0) is 34.4. The van der Waals surface area contributed by atoms with Gasteiger partial charge < -0.3 is 13.6 Å². The average molecular weight is 669 g/mol. The molecule has 0 bridgehead atoms. The van der Waals surface area contributed by atoms with Gasteiger partial charge in [-0.2, -0.15) is 4.57 Å². The maximum absolute atomic E-state index is 14.6. The van der Waals surface area contributed by atoms with Crippen molar-refractivity contribution in [3.8, 4) is 11.3 Å². The molecule has 2 heterocycles. The van der Waals surface area contributed by atoms with E-state index >= 15 is 0 Å². The Morgan fingerprint density at radius 3 is 2.11 bits per heavy atom. The number of carbonyl (C=O) groups excluding carboxylic acids is 1. The highest BCUT2D eigenvalue weighted by Gasteiger charge is 2.47. The van der Waals surface area contributed by atoms with Gasteiger partial charge in [0.2, 0.25) is 0 Å². The number of halogens is 1. The molecule has 0 spiro atoms. The van der Waals surface area contributed by atoms with Crippen LogP contribution in [0.1, 0.15) is 70.1 Å². The van der Waals surface area contributed by atoms with Crippen LogP contribution >= 0.6 is 0 Å². The van der Waals surface area contributed by atoms with E-state index in [-0.39, 0.29) is 39.9 Å². The molecule has 0 amide bonds. The van der Waals surface area contributed by atoms with Crippen LogP contribution in [-0.2, 0) is 13.6 Å². The lowest BCUT2D eigenvalue weighted by Gasteiger charge is -2.40. The van der Waals surface area contributed by atoms with Crippen molar-refractivity contribution in [3.05, 3.63) is 92.4 Å². The van der Waals surface area contributed by atoms with Crippen LogP contribution in [-0.4, -0.2) is 50.5 Å². The highest BCUT2D eigenvalue weighted by molar-refractivity contribution is 6.74. The predicted molar refractivity (Wildman–Crippen MR) is 185 cm³/mol. The van der Waals surface area contributed by atoms with E-state index < -0.39 is 58.0 Å². The molecule has 1 fully saturated rings. The molecule has 0 saturated carbocycles. The molecule has 1 saturated heterocycles. The minimum atomic E-state index is -2.32. The standard InChI is InChI=1S/C35H49FN2O6Si2/c1-23-30(25-18-15-19-26(36)20-25)37(33(41)38(31(23)39)32(40)24-16-13-12-14-17-24)29-21-27(44-46(10,11)35(5,6)7)28(43-29)22-42-45(8,9)34(2,3)4/h12-20,27-29H,21-22H2,1-11H3/t27-,28+,29+/m0/s1. The Labute approximate surface area is 273 Å². The Kier molecular flexibility index (Phi) is 10.1. The van der Waals surface area contributed by atoms with Gasteiger partial charge in [0.15, 0.2) is 16.6 Å². The molecule has 1 aromatic heterocycles. The normalized spacial score (nSPS) is 19.4. The van der Waals surface area contributed by atoms with Crippen molar-refractivity contribution in [1.82, 2.24) is 9.13 Å². The van der Waals surface area contributed by atoms with Crippen molar-refractivity contribution < 1.29 is 22.8 Å². The van der Waals surface area contributed by atoms with Gasteiger partial charge >= 0.3 is 5.69 Å². The Morgan fingerprint density at radius 2 is 1.54 bits per heavy atom. The van der Waals surface area contributed by atoms with Crippen molar-refractivity contribution >= 4 is 22.5 Å². The maximum Gasteiger partial charge on any atom is 0.340 e. The molecule has 2 aromatic carbocycles. The van der Waals surface area contributed by atoms with Crippen molar-refractivity contribution in [2.24, 2.45) is 0 Å². The van der Waals surface area contributed by atoms with Crippen molar-refractivity contribution in [2.45, 2.75) is 110 Å². The molecule has 3 aromatic rings. The number of benzene rings is 2. The first-order valence-corrected chi connectivity index (χ1v) is 21.7. The average Bonchev–Trinajstić information content (AvgIpc) is 3.34. The minimum Gasteiger partial charge on any atom is -0.414 e. The zero-order valence-electron chi connectivity index (χ0n) is 29.1.